The third-order valence-corrected chi connectivity index (χ3v) is 6.71. The Balaban J connectivity index is 2.40. The molecule has 1 rings (SSSR count). The maximum atomic E-state index is 4.26. The molecular formula is C7H11NSSn. The Hall–Kier alpha value is 0.299. The SMILES string of the molecule is CCC/[CH]=[SnH]/[c]1nccs1. The van der Waals surface area contributed by atoms with Crippen molar-refractivity contribution in [2.24, 2.45) is 0 Å². The fraction of sp³-hybridized carbons (Fsp3) is 0.429. The normalized spacial score (nSPS) is 10.9. The number of thiazole rings is 1. The van der Waals surface area contributed by atoms with E-state index in [2.05, 4.69) is 21.3 Å². The van der Waals surface area contributed by atoms with E-state index < -0.39 is 20.7 Å². The summed E-state index contributed by atoms with van der Waals surface area (Å²) in [5, 5.41) is 2.07. The Labute approximate surface area is 75.2 Å². The molecule has 0 saturated heterocycles. The first-order valence-corrected chi connectivity index (χ1v) is 7.92. The molecule has 0 aliphatic rings. The van der Waals surface area contributed by atoms with E-state index in [1.165, 1.54) is 15.9 Å². The molecule has 0 aliphatic heterocycles. The summed E-state index contributed by atoms with van der Waals surface area (Å²) in [6.45, 7) is 2.22. The van der Waals surface area contributed by atoms with Gasteiger partial charge in [0.1, 0.15) is 0 Å². The van der Waals surface area contributed by atoms with Gasteiger partial charge in [0.25, 0.3) is 0 Å². The van der Waals surface area contributed by atoms with Gasteiger partial charge in [-0.1, -0.05) is 0 Å². The summed E-state index contributed by atoms with van der Waals surface area (Å²) in [5.41, 5.74) is 0. The van der Waals surface area contributed by atoms with Crippen LogP contribution in [0.1, 0.15) is 19.8 Å². The van der Waals surface area contributed by atoms with Crippen LogP contribution in [-0.4, -0.2) is 29.7 Å². The van der Waals surface area contributed by atoms with Crippen molar-refractivity contribution in [3.63, 3.8) is 0 Å². The molecule has 54 valence electrons. The predicted molar refractivity (Wildman–Crippen MR) is 49.9 cm³/mol. The summed E-state index contributed by atoms with van der Waals surface area (Å²) in [7, 11) is 0. The maximum absolute atomic E-state index is 4.26. The quantitative estimate of drug-likeness (QED) is 0.733. The molecule has 0 unspecified atom stereocenters. The van der Waals surface area contributed by atoms with Gasteiger partial charge in [0.15, 0.2) is 0 Å². The van der Waals surface area contributed by atoms with Crippen LogP contribution in [0.15, 0.2) is 11.6 Å². The molecule has 0 atom stereocenters. The predicted octanol–water partition coefficient (Wildman–Crippen LogP) is 0.807. The zero-order valence-corrected chi connectivity index (χ0v) is 10.2. The summed E-state index contributed by atoms with van der Waals surface area (Å²) < 4.78 is 3.90. The van der Waals surface area contributed by atoms with Crippen LogP contribution >= 0.6 is 11.3 Å². The van der Waals surface area contributed by atoms with Gasteiger partial charge in [-0.3, -0.25) is 0 Å². The molecular weight excluding hydrogens is 249 g/mol. The van der Waals surface area contributed by atoms with Crippen LogP contribution in [0.4, 0.5) is 0 Å². The number of hydrogen-bond acceptors (Lipinski definition) is 2. The van der Waals surface area contributed by atoms with Crippen molar-refractivity contribution in [2.45, 2.75) is 19.8 Å². The summed E-state index contributed by atoms with van der Waals surface area (Å²) >= 11 is 1.30. The average Bonchev–Trinajstić information content (AvgIpc) is 2.41. The molecule has 0 N–H and O–H groups in total. The molecule has 1 aromatic heterocycles. The molecule has 0 aromatic carbocycles. The molecule has 0 saturated carbocycles. The Morgan fingerprint density at radius 1 is 1.80 bits per heavy atom. The molecule has 1 heterocycles. The van der Waals surface area contributed by atoms with E-state index in [0.29, 0.717) is 0 Å². The van der Waals surface area contributed by atoms with Crippen molar-refractivity contribution < 1.29 is 0 Å². The standard InChI is InChI=1S/C4H8.C3H2NS.Sn.H/c1-3-4-2;1-2-5-3-4-1;;/h1H,3-4H2,2H3;1-2H;;. The molecule has 0 spiro atoms. The van der Waals surface area contributed by atoms with Gasteiger partial charge in [-0.25, -0.2) is 0 Å². The number of aromatic nitrogens is 1. The van der Waals surface area contributed by atoms with Gasteiger partial charge in [-0.15, -0.1) is 0 Å². The molecule has 3 heteroatoms. The number of rotatable bonds is 3. The topological polar surface area (TPSA) is 12.9 Å². The third kappa shape index (κ3) is 2.92. The van der Waals surface area contributed by atoms with Crippen molar-refractivity contribution in [1.82, 2.24) is 4.98 Å². The van der Waals surface area contributed by atoms with E-state index in [1.807, 2.05) is 17.5 Å². The third-order valence-electron chi connectivity index (χ3n) is 1.17. The Morgan fingerprint density at radius 3 is 3.30 bits per heavy atom. The van der Waals surface area contributed by atoms with Gasteiger partial charge in [-0.2, -0.15) is 0 Å². The number of unbranched alkanes of at least 4 members (excludes halogenated alkanes) is 1. The van der Waals surface area contributed by atoms with Crippen LogP contribution in [0.3, 0.4) is 0 Å². The van der Waals surface area contributed by atoms with Crippen LogP contribution in [0.2, 0.25) is 0 Å². The van der Waals surface area contributed by atoms with Crippen LogP contribution < -0.4 is 3.02 Å². The fourth-order valence-electron chi connectivity index (χ4n) is 0.668. The molecule has 0 bridgehead atoms. The summed E-state index contributed by atoms with van der Waals surface area (Å²) in [6.07, 6.45) is 4.49. The van der Waals surface area contributed by atoms with E-state index in [0.717, 1.165) is 0 Å². The molecule has 0 radical (unpaired) electrons. The van der Waals surface area contributed by atoms with Crippen molar-refractivity contribution in [2.75, 3.05) is 0 Å². The van der Waals surface area contributed by atoms with Crippen LogP contribution in [0, 0.1) is 0 Å². The molecule has 1 aromatic rings. The number of nitrogens with zero attached hydrogens (tertiary/aromatic N) is 1. The number of hydrogen-bond donors (Lipinski definition) is 0. The second kappa shape index (κ2) is 5.02. The van der Waals surface area contributed by atoms with Crippen molar-refractivity contribution in [3.8, 4) is 0 Å². The molecule has 1 nitrogen and oxygen atoms in total. The van der Waals surface area contributed by atoms with Gasteiger partial charge in [-0.05, 0) is 0 Å². The summed E-state index contributed by atoms with van der Waals surface area (Å²) in [5.74, 6) is 0. The summed E-state index contributed by atoms with van der Waals surface area (Å²) in [6, 6.07) is 0. The van der Waals surface area contributed by atoms with Crippen LogP contribution in [0.25, 0.3) is 0 Å². The molecule has 10 heavy (non-hydrogen) atoms. The first-order valence-electron chi connectivity index (χ1n) is 3.49. The van der Waals surface area contributed by atoms with Gasteiger partial charge < -0.3 is 0 Å². The molecule has 0 aliphatic carbocycles. The van der Waals surface area contributed by atoms with E-state index in [4.69, 9.17) is 0 Å². The van der Waals surface area contributed by atoms with E-state index in [1.54, 1.807) is 0 Å². The second-order valence-electron chi connectivity index (χ2n) is 2.06. The first kappa shape index (κ1) is 8.40. The van der Waals surface area contributed by atoms with Gasteiger partial charge in [0, 0.05) is 0 Å². The van der Waals surface area contributed by atoms with Gasteiger partial charge in [0.2, 0.25) is 0 Å². The minimum atomic E-state index is -0.519. The van der Waals surface area contributed by atoms with Gasteiger partial charge in [0.05, 0.1) is 0 Å². The van der Waals surface area contributed by atoms with E-state index in [9.17, 15) is 0 Å². The first-order chi connectivity index (χ1) is 4.93. The molecule has 0 amide bonds. The Bertz CT molecular complexity index is 193. The second-order valence-corrected chi connectivity index (χ2v) is 8.04. The van der Waals surface area contributed by atoms with Gasteiger partial charge >= 0.3 is 75.4 Å². The Kier molecular flexibility index (Phi) is 4.21. The fourth-order valence-corrected chi connectivity index (χ4v) is 5.61. The van der Waals surface area contributed by atoms with Crippen LogP contribution in [-0.2, 0) is 0 Å². The van der Waals surface area contributed by atoms with E-state index in [-0.39, 0.29) is 0 Å². The summed E-state index contributed by atoms with van der Waals surface area (Å²) in [4.78, 5) is 4.26. The monoisotopic (exact) mass is 261 g/mol. The zero-order chi connectivity index (χ0) is 7.23. The minimum absolute atomic E-state index is 0.519. The Morgan fingerprint density at radius 2 is 2.70 bits per heavy atom. The zero-order valence-electron chi connectivity index (χ0n) is 6.08. The van der Waals surface area contributed by atoms with Crippen molar-refractivity contribution in [1.29, 1.82) is 0 Å². The van der Waals surface area contributed by atoms with E-state index >= 15 is 0 Å². The van der Waals surface area contributed by atoms with Crippen molar-refractivity contribution in [3.05, 3.63) is 11.6 Å². The van der Waals surface area contributed by atoms with Crippen LogP contribution in [0.5, 0.6) is 0 Å². The average molecular weight is 260 g/mol. The van der Waals surface area contributed by atoms with Crippen molar-refractivity contribution >= 4 is 39.0 Å². The molecule has 0 fully saturated rings.